The highest BCUT2D eigenvalue weighted by Gasteiger charge is 2.22. The van der Waals surface area contributed by atoms with Crippen LogP contribution in [0, 0.1) is 0 Å². The van der Waals surface area contributed by atoms with Gasteiger partial charge < -0.3 is 5.32 Å². The molecule has 1 N–H and O–H groups in total. The van der Waals surface area contributed by atoms with E-state index in [0.29, 0.717) is 5.56 Å². The van der Waals surface area contributed by atoms with E-state index in [1.54, 1.807) is 36.0 Å². The van der Waals surface area contributed by atoms with Crippen LogP contribution in [0.3, 0.4) is 0 Å². The van der Waals surface area contributed by atoms with Gasteiger partial charge in [-0.2, -0.15) is 4.57 Å². The molecular formula is C16H16BrN2O2+. The third-order valence-corrected chi connectivity index (χ3v) is 3.70. The second-order valence-electron chi connectivity index (χ2n) is 4.77. The normalized spacial score (nSPS) is 11.8. The van der Waals surface area contributed by atoms with Crippen LogP contribution in [0.4, 0.5) is 5.69 Å². The molecule has 2 rings (SSSR count). The van der Waals surface area contributed by atoms with Gasteiger partial charge in [0.05, 0.1) is 5.56 Å². The first-order valence-corrected chi connectivity index (χ1v) is 7.35. The molecule has 2 aromatic rings. The first kappa shape index (κ1) is 15.4. The van der Waals surface area contributed by atoms with Crippen molar-refractivity contribution in [3.05, 3.63) is 58.8 Å². The van der Waals surface area contributed by atoms with E-state index in [-0.39, 0.29) is 11.7 Å². The monoisotopic (exact) mass is 347 g/mol. The minimum absolute atomic E-state index is 0.0233. The predicted molar refractivity (Wildman–Crippen MR) is 84.1 cm³/mol. The Balaban J connectivity index is 2.13. The number of carbonyl (C=O) groups is 2. The summed E-state index contributed by atoms with van der Waals surface area (Å²) in [6, 6.07) is 10.5. The molecule has 0 aliphatic carbocycles. The predicted octanol–water partition coefficient (Wildman–Crippen LogP) is 3.14. The lowest BCUT2D eigenvalue weighted by atomic mass is 10.2. The quantitative estimate of drug-likeness (QED) is 0.682. The molecule has 5 heteroatoms. The molecule has 0 radical (unpaired) electrons. The fraction of sp³-hybridized carbons (Fsp3) is 0.188. The molecule has 0 aliphatic heterocycles. The van der Waals surface area contributed by atoms with Gasteiger partial charge in [-0.25, -0.2) is 0 Å². The molecule has 0 unspecified atom stereocenters. The number of amides is 1. The topological polar surface area (TPSA) is 50.0 Å². The van der Waals surface area contributed by atoms with Crippen LogP contribution in [0.25, 0.3) is 0 Å². The molecule has 0 spiro atoms. The summed E-state index contributed by atoms with van der Waals surface area (Å²) >= 11 is 3.35. The van der Waals surface area contributed by atoms with Gasteiger partial charge in [-0.1, -0.05) is 15.9 Å². The van der Waals surface area contributed by atoms with Crippen molar-refractivity contribution in [2.45, 2.75) is 19.9 Å². The lowest BCUT2D eigenvalue weighted by Crippen LogP contribution is -2.44. The molecule has 1 amide bonds. The SMILES string of the molecule is CC(=O)c1ccc[n+]([C@H](C)C(=O)Nc2ccc(Br)cc2)c1. The second kappa shape index (κ2) is 6.63. The summed E-state index contributed by atoms with van der Waals surface area (Å²) < 4.78 is 2.68. The van der Waals surface area contributed by atoms with Gasteiger partial charge in [0.25, 0.3) is 5.91 Å². The number of carbonyl (C=O) groups excluding carboxylic acids is 2. The van der Waals surface area contributed by atoms with Gasteiger partial charge in [-0.3, -0.25) is 9.59 Å². The summed E-state index contributed by atoms with van der Waals surface area (Å²) in [4.78, 5) is 23.6. The number of aromatic nitrogens is 1. The number of anilines is 1. The molecule has 0 saturated heterocycles. The highest BCUT2D eigenvalue weighted by molar-refractivity contribution is 9.10. The number of hydrogen-bond donors (Lipinski definition) is 1. The number of ketones is 1. The first-order chi connectivity index (χ1) is 9.97. The van der Waals surface area contributed by atoms with Crippen LogP contribution in [-0.2, 0) is 4.79 Å². The van der Waals surface area contributed by atoms with E-state index in [1.807, 2.05) is 24.3 Å². The van der Waals surface area contributed by atoms with E-state index in [2.05, 4.69) is 21.2 Å². The van der Waals surface area contributed by atoms with Crippen LogP contribution in [0.2, 0.25) is 0 Å². The van der Waals surface area contributed by atoms with Gasteiger partial charge in [0.2, 0.25) is 6.04 Å². The smallest absolute Gasteiger partial charge is 0.293 e. The summed E-state index contributed by atoms with van der Waals surface area (Å²) in [6.07, 6.45) is 3.46. The van der Waals surface area contributed by atoms with E-state index in [1.165, 1.54) is 6.92 Å². The average molecular weight is 348 g/mol. The van der Waals surface area contributed by atoms with Crippen molar-refractivity contribution in [2.24, 2.45) is 0 Å². The highest BCUT2D eigenvalue weighted by atomic mass is 79.9. The molecule has 1 heterocycles. The third kappa shape index (κ3) is 3.98. The summed E-state index contributed by atoms with van der Waals surface area (Å²) in [5.74, 6) is -0.159. The van der Waals surface area contributed by atoms with E-state index in [0.717, 1.165) is 10.2 Å². The number of nitrogens with zero attached hydrogens (tertiary/aromatic N) is 1. The van der Waals surface area contributed by atoms with Crippen LogP contribution in [0.5, 0.6) is 0 Å². The number of pyridine rings is 1. The molecular weight excluding hydrogens is 332 g/mol. The van der Waals surface area contributed by atoms with Gasteiger partial charge in [-0.05, 0) is 37.3 Å². The van der Waals surface area contributed by atoms with Crippen molar-refractivity contribution < 1.29 is 14.2 Å². The molecule has 0 bridgehead atoms. The summed E-state index contributed by atoms with van der Waals surface area (Å²) in [5.41, 5.74) is 1.32. The lowest BCUT2D eigenvalue weighted by Gasteiger charge is -2.09. The Morgan fingerprint density at radius 3 is 2.48 bits per heavy atom. The van der Waals surface area contributed by atoms with Crippen LogP contribution in [0.15, 0.2) is 53.3 Å². The third-order valence-electron chi connectivity index (χ3n) is 3.17. The minimum Gasteiger partial charge on any atom is -0.320 e. The summed E-state index contributed by atoms with van der Waals surface area (Å²) in [6.45, 7) is 3.30. The first-order valence-electron chi connectivity index (χ1n) is 6.55. The zero-order chi connectivity index (χ0) is 15.4. The fourth-order valence-corrected chi connectivity index (χ4v) is 2.12. The van der Waals surface area contributed by atoms with Crippen LogP contribution in [0.1, 0.15) is 30.2 Å². The maximum atomic E-state index is 12.3. The van der Waals surface area contributed by atoms with Crippen molar-refractivity contribution >= 4 is 33.3 Å². The average Bonchev–Trinajstić information content (AvgIpc) is 2.49. The number of halogens is 1. The number of benzene rings is 1. The van der Waals surface area contributed by atoms with Gasteiger partial charge in [0.1, 0.15) is 0 Å². The van der Waals surface area contributed by atoms with Crippen molar-refractivity contribution in [2.75, 3.05) is 5.32 Å². The van der Waals surface area contributed by atoms with Crippen molar-refractivity contribution in [1.82, 2.24) is 0 Å². The molecule has 0 aliphatic rings. The Bertz CT molecular complexity index is 668. The van der Waals surface area contributed by atoms with Gasteiger partial charge >= 0.3 is 0 Å². The van der Waals surface area contributed by atoms with Gasteiger partial charge in [0.15, 0.2) is 18.2 Å². The number of rotatable bonds is 4. The number of hydrogen-bond acceptors (Lipinski definition) is 2. The Labute approximate surface area is 131 Å². The van der Waals surface area contributed by atoms with E-state index in [4.69, 9.17) is 0 Å². The molecule has 4 nitrogen and oxygen atoms in total. The Hall–Kier alpha value is -2.01. The molecule has 1 atom stereocenters. The van der Waals surface area contributed by atoms with Crippen molar-refractivity contribution in [3.8, 4) is 0 Å². The minimum atomic E-state index is -0.409. The second-order valence-corrected chi connectivity index (χ2v) is 5.68. The largest absolute Gasteiger partial charge is 0.320 e. The van der Waals surface area contributed by atoms with Crippen LogP contribution < -0.4 is 9.88 Å². The van der Waals surface area contributed by atoms with E-state index >= 15 is 0 Å². The van der Waals surface area contributed by atoms with Gasteiger partial charge in [-0.15, -0.1) is 0 Å². The summed E-state index contributed by atoms with van der Waals surface area (Å²) in [5, 5.41) is 2.85. The molecule has 0 saturated carbocycles. The van der Waals surface area contributed by atoms with Crippen molar-refractivity contribution in [3.63, 3.8) is 0 Å². The fourth-order valence-electron chi connectivity index (χ4n) is 1.86. The molecule has 108 valence electrons. The Kier molecular flexibility index (Phi) is 4.85. The van der Waals surface area contributed by atoms with E-state index in [9.17, 15) is 9.59 Å². The van der Waals surface area contributed by atoms with Crippen molar-refractivity contribution in [1.29, 1.82) is 0 Å². The number of nitrogens with one attached hydrogen (secondary N) is 1. The lowest BCUT2D eigenvalue weighted by molar-refractivity contribution is -0.705. The maximum absolute atomic E-state index is 12.3. The standard InChI is InChI=1S/C16H15BrN2O2/c1-11(19-9-3-4-13(10-19)12(2)20)16(21)18-15-7-5-14(17)6-8-15/h3-11H,1-2H3/p+1/t11-/m1/s1. The zero-order valence-electron chi connectivity index (χ0n) is 11.8. The molecule has 21 heavy (non-hydrogen) atoms. The van der Waals surface area contributed by atoms with Crippen LogP contribution >= 0.6 is 15.9 Å². The maximum Gasteiger partial charge on any atom is 0.293 e. The highest BCUT2D eigenvalue weighted by Crippen LogP contribution is 2.15. The zero-order valence-corrected chi connectivity index (χ0v) is 13.4. The van der Waals surface area contributed by atoms with Crippen LogP contribution in [-0.4, -0.2) is 11.7 Å². The Morgan fingerprint density at radius 1 is 1.19 bits per heavy atom. The number of Topliss-reactive ketones (excluding diaryl/α,β-unsaturated/α-hetero) is 1. The Morgan fingerprint density at radius 2 is 1.86 bits per heavy atom. The molecule has 0 fully saturated rings. The molecule has 1 aromatic heterocycles. The summed E-state index contributed by atoms with van der Waals surface area (Å²) in [7, 11) is 0. The van der Waals surface area contributed by atoms with Gasteiger partial charge in [0, 0.05) is 23.2 Å². The molecule has 1 aromatic carbocycles. The van der Waals surface area contributed by atoms with E-state index < -0.39 is 6.04 Å².